The molecule has 1 aliphatic heterocycles. The molecule has 0 aromatic carbocycles. The van der Waals surface area contributed by atoms with Gasteiger partial charge in [0.1, 0.15) is 0 Å². The Bertz CT molecular complexity index is 307. The summed E-state index contributed by atoms with van der Waals surface area (Å²) in [6.07, 6.45) is 0.970. The predicted molar refractivity (Wildman–Crippen MR) is 48.1 cm³/mol. The number of nitrogens with one attached hydrogen (secondary N) is 1. The third-order valence-electron chi connectivity index (χ3n) is 1.66. The number of hydrogen-bond donors (Lipinski definition) is 1. The summed E-state index contributed by atoms with van der Waals surface area (Å²) in [5.41, 5.74) is 0.841. The summed E-state index contributed by atoms with van der Waals surface area (Å²) in [5, 5.41) is 2.80. The first-order valence-electron chi connectivity index (χ1n) is 3.34. The van der Waals surface area contributed by atoms with Crippen LogP contribution >= 0.6 is 27.3 Å². The highest BCUT2D eigenvalue weighted by atomic mass is 79.9. The molecule has 1 aliphatic rings. The third kappa shape index (κ3) is 1.20. The van der Waals surface area contributed by atoms with Crippen molar-refractivity contribution in [2.24, 2.45) is 0 Å². The van der Waals surface area contributed by atoms with Crippen LogP contribution in [0.4, 0.5) is 0 Å². The standard InChI is InChI=1S/C7H6BrNOS/c8-6-3-4-5(11-6)1-2-9-7(4)10/h3H,1-2H2,(H,9,10). The molecule has 0 fully saturated rings. The summed E-state index contributed by atoms with van der Waals surface area (Å²) in [6, 6.07) is 1.88. The largest absolute Gasteiger partial charge is 0.352 e. The Balaban J connectivity index is 2.52. The van der Waals surface area contributed by atoms with Gasteiger partial charge in [0.15, 0.2) is 0 Å². The highest BCUT2D eigenvalue weighted by molar-refractivity contribution is 9.11. The van der Waals surface area contributed by atoms with Crippen molar-refractivity contribution in [3.05, 3.63) is 20.3 Å². The number of rotatable bonds is 0. The van der Waals surface area contributed by atoms with Crippen LogP contribution in [0, 0.1) is 0 Å². The Kier molecular flexibility index (Phi) is 1.73. The lowest BCUT2D eigenvalue weighted by molar-refractivity contribution is 0.0947. The fraction of sp³-hybridized carbons (Fsp3) is 0.286. The average Bonchev–Trinajstić information content (AvgIpc) is 2.31. The van der Waals surface area contributed by atoms with Crippen LogP contribution in [0.2, 0.25) is 0 Å². The van der Waals surface area contributed by atoms with Crippen LogP contribution in [0.15, 0.2) is 9.85 Å². The quantitative estimate of drug-likeness (QED) is 0.726. The van der Waals surface area contributed by atoms with E-state index >= 15 is 0 Å². The summed E-state index contributed by atoms with van der Waals surface area (Å²) < 4.78 is 1.04. The second-order valence-electron chi connectivity index (χ2n) is 2.39. The van der Waals surface area contributed by atoms with Crippen LogP contribution < -0.4 is 5.32 Å². The minimum absolute atomic E-state index is 0.0631. The first-order valence-corrected chi connectivity index (χ1v) is 4.95. The lowest BCUT2D eigenvalue weighted by Crippen LogP contribution is -2.30. The van der Waals surface area contributed by atoms with Gasteiger partial charge in [-0.05, 0) is 28.4 Å². The first kappa shape index (κ1) is 7.31. The third-order valence-corrected chi connectivity index (χ3v) is 3.36. The lowest BCUT2D eigenvalue weighted by Gasteiger charge is -2.10. The molecule has 2 rings (SSSR count). The van der Waals surface area contributed by atoms with Gasteiger partial charge in [0, 0.05) is 11.4 Å². The van der Waals surface area contributed by atoms with Crippen LogP contribution in [0.25, 0.3) is 0 Å². The minimum Gasteiger partial charge on any atom is -0.352 e. The summed E-state index contributed by atoms with van der Waals surface area (Å²) >= 11 is 5.01. The van der Waals surface area contributed by atoms with Gasteiger partial charge in [-0.25, -0.2) is 0 Å². The van der Waals surface area contributed by atoms with Crippen LogP contribution in [-0.4, -0.2) is 12.5 Å². The molecule has 4 heteroatoms. The van der Waals surface area contributed by atoms with Crippen LogP contribution in [0.1, 0.15) is 15.2 Å². The summed E-state index contributed by atoms with van der Waals surface area (Å²) in [6.45, 7) is 0.777. The Hall–Kier alpha value is -0.350. The van der Waals surface area contributed by atoms with Crippen molar-refractivity contribution in [1.29, 1.82) is 0 Å². The van der Waals surface area contributed by atoms with Gasteiger partial charge in [-0.2, -0.15) is 0 Å². The molecule has 2 nitrogen and oxygen atoms in total. The highest BCUT2D eigenvalue weighted by Crippen LogP contribution is 2.28. The molecule has 0 unspecified atom stereocenters. The second kappa shape index (κ2) is 2.60. The van der Waals surface area contributed by atoms with Gasteiger partial charge in [-0.1, -0.05) is 0 Å². The smallest absolute Gasteiger partial charge is 0.252 e. The van der Waals surface area contributed by atoms with E-state index in [9.17, 15) is 4.79 Å². The van der Waals surface area contributed by atoms with Gasteiger partial charge in [-0.15, -0.1) is 11.3 Å². The van der Waals surface area contributed by atoms with Gasteiger partial charge in [0.25, 0.3) is 5.91 Å². The number of halogens is 1. The molecule has 0 spiro atoms. The van der Waals surface area contributed by atoms with Gasteiger partial charge < -0.3 is 5.32 Å². The van der Waals surface area contributed by atoms with E-state index in [-0.39, 0.29) is 5.91 Å². The molecule has 0 radical (unpaired) electrons. The Morgan fingerprint density at radius 1 is 1.64 bits per heavy atom. The van der Waals surface area contributed by atoms with Gasteiger partial charge in [0.05, 0.1) is 9.35 Å². The fourth-order valence-corrected chi connectivity index (χ4v) is 2.85. The van der Waals surface area contributed by atoms with E-state index in [1.165, 1.54) is 4.88 Å². The zero-order valence-corrected chi connectivity index (χ0v) is 8.09. The Morgan fingerprint density at radius 3 is 3.18 bits per heavy atom. The number of carbonyl (C=O) groups excluding carboxylic acids is 1. The Morgan fingerprint density at radius 2 is 2.45 bits per heavy atom. The van der Waals surface area contributed by atoms with E-state index in [4.69, 9.17) is 0 Å². The van der Waals surface area contributed by atoms with E-state index in [0.29, 0.717) is 0 Å². The maximum absolute atomic E-state index is 11.2. The topological polar surface area (TPSA) is 29.1 Å². The fourth-order valence-electron chi connectivity index (χ4n) is 1.16. The first-order chi connectivity index (χ1) is 5.27. The summed E-state index contributed by atoms with van der Waals surface area (Å²) in [4.78, 5) is 12.4. The SMILES string of the molecule is O=C1NCCc2sc(Br)cc21. The van der Waals surface area contributed by atoms with E-state index in [1.807, 2.05) is 6.07 Å². The van der Waals surface area contributed by atoms with Gasteiger partial charge in [-0.3, -0.25) is 4.79 Å². The molecule has 11 heavy (non-hydrogen) atoms. The van der Waals surface area contributed by atoms with Crippen molar-refractivity contribution in [3.8, 4) is 0 Å². The average molecular weight is 232 g/mol. The zero-order valence-electron chi connectivity index (χ0n) is 5.69. The lowest BCUT2D eigenvalue weighted by atomic mass is 10.1. The molecule has 0 aliphatic carbocycles. The van der Waals surface area contributed by atoms with Crippen LogP contribution in [0.5, 0.6) is 0 Å². The molecule has 0 saturated carbocycles. The maximum Gasteiger partial charge on any atom is 0.252 e. The van der Waals surface area contributed by atoms with Crippen molar-refractivity contribution < 1.29 is 4.79 Å². The Labute approximate surface area is 76.7 Å². The molecule has 2 heterocycles. The number of amides is 1. The molecule has 1 amide bonds. The maximum atomic E-state index is 11.2. The number of fused-ring (bicyclic) bond motifs is 1. The van der Waals surface area contributed by atoms with Gasteiger partial charge >= 0.3 is 0 Å². The molecule has 1 N–H and O–H groups in total. The van der Waals surface area contributed by atoms with E-state index in [1.54, 1.807) is 11.3 Å². The summed E-state index contributed by atoms with van der Waals surface area (Å²) in [5.74, 6) is 0.0631. The van der Waals surface area contributed by atoms with E-state index < -0.39 is 0 Å². The van der Waals surface area contributed by atoms with Crippen molar-refractivity contribution in [2.75, 3.05) is 6.54 Å². The molecule has 0 atom stereocenters. The minimum atomic E-state index is 0.0631. The monoisotopic (exact) mass is 231 g/mol. The number of hydrogen-bond acceptors (Lipinski definition) is 2. The summed E-state index contributed by atoms with van der Waals surface area (Å²) in [7, 11) is 0. The van der Waals surface area contributed by atoms with E-state index in [2.05, 4.69) is 21.2 Å². The molecule has 1 aromatic heterocycles. The van der Waals surface area contributed by atoms with Crippen molar-refractivity contribution >= 4 is 33.2 Å². The molecular formula is C7H6BrNOS. The van der Waals surface area contributed by atoms with Crippen LogP contribution in [-0.2, 0) is 6.42 Å². The normalized spacial score (nSPS) is 15.9. The predicted octanol–water partition coefficient (Wildman–Crippen LogP) is 1.80. The van der Waals surface area contributed by atoms with Gasteiger partial charge in [0.2, 0.25) is 0 Å². The van der Waals surface area contributed by atoms with Crippen molar-refractivity contribution in [2.45, 2.75) is 6.42 Å². The van der Waals surface area contributed by atoms with Crippen molar-refractivity contribution in [3.63, 3.8) is 0 Å². The highest BCUT2D eigenvalue weighted by Gasteiger charge is 2.18. The number of thiophene rings is 1. The molecule has 58 valence electrons. The molecular weight excluding hydrogens is 226 g/mol. The second-order valence-corrected chi connectivity index (χ2v) is 4.91. The number of carbonyl (C=O) groups is 1. The van der Waals surface area contributed by atoms with Crippen molar-refractivity contribution in [1.82, 2.24) is 5.32 Å². The van der Waals surface area contributed by atoms with E-state index in [0.717, 1.165) is 22.3 Å². The molecule has 0 bridgehead atoms. The molecule has 0 saturated heterocycles. The zero-order chi connectivity index (χ0) is 7.84. The molecule has 1 aromatic rings. The van der Waals surface area contributed by atoms with Crippen LogP contribution in [0.3, 0.4) is 0 Å².